The molecule has 1 N–H and O–H groups in total. The number of methoxy groups -OCH3 is 1. The van der Waals surface area contributed by atoms with Crippen molar-refractivity contribution in [1.29, 1.82) is 0 Å². The molecule has 96 valence electrons. The van der Waals surface area contributed by atoms with Crippen molar-refractivity contribution in [2.45, 2.75) is 20.0 Å². The SMILES string of the molecule is CCn1nncc1NCc1c(Cl)cccc1OC. The highest BCUT2D eigenvalue weighted by Crippen LogP contribution is 2.26. The predicted octanol–water partition coefficient (Wildman–Crippen LogP) is 2.57. The summed E-state index contributed by atoms with van der Waals surface area (Å²) in [7, 11) is 1.63. The summed E-state index contributed by atoms with van der Waals surface area (Å²) in [6.45, 7) is 3.34. The number of hydrogen-bond donors (Lipinski definition) is 1. The molecule has 0 atom stereocenters. The fourth-order valence-corrected chi connectivity index (χ4v) is 1.94. The first-order valence-corrected chi connectivity index (χ1v) is 6.07. The summed E-state index contributed by atoms with van der Waals surface area (Å²) in [5.74, 6) is 1.63. The molecule has 0 saturated carbocycles. The third-order valence-corrected chi connectivity index (χ3v) is 3.01. The van der Waals surface area contributed by atoms with E-state index in [9.17, 15) is 0 Å². The molecule has 0 unspecified atom stereocenters. The highest BCUT2D eigenvalue weighted by Gasteiger charge is 2.08. The summed E-state index contributed by atoms with van der Waals surface area (Å²) in [4.78, 5) is 0. The summed E-state index contributed by atoms with van der Waals surface area (Å²) in [6, 6.07) is 5.59. The molecule has 0 bridgehead atoms. The number of hydrogen-bond acceptors (Lipinski definition) is 4. The first-order chi connectivity index (χ1) is 8.76. The molecular formula is C12H15ClN4O. The number of nitrogens with zero attached hydrogens (tertiary/aromatic N) is 3. The summed E-state index contributed by atoms with van der Waals surface area (Å²) in [6.07, 6.45) is 1.69. The van der Waals surface area contributed by atoms with Crippen LogP contribution in [0.5, 0.6) is 5.75 Å². The second-order valence-electron chi connectivity index (χ2n) is 3.71. The van der Waals surface area contributed by atoms with Crippen LogP contribution in [0.15, 0.2) is 24.4 Å². The minimum Gasteiger partial charge on any atom is -0.496 e. The minimum absolute atomic E-state index is 0.566. The monoisotopic (exact) mass is 266 g/mol. The van der Waals surface area contributed by atoms with E-state index in [-0.39, 0.29) is 0 Å². The van der Waals surface area contributed by atoms with Crippen LogP contribution in [0.25, 0.3) is 0 Å². The van der Waals surface area contributed by atoms with Crippen molar-refractivity contribution >= 4 is 17.4 Å². The number of rotatable bonds is 5. The number of anilines is 1. The first kappa shape index (κ1) is 12.7. The van der Waals surface area contributed by atoms with Gasteiger partial charge in [-0.15, -0.1) is 5.10 Å². The standard InChI is InChI=1S/C12H15ClN4O/c1-3-17-12(8-15-16-17)14-7-9-10(13)5-4-6-11(9)18-2/h4-6,8,14H,3,7H2,1-2H3. The largest absolute Gasteiger partial charge is 0.496 e. The molecule has 0 fully saturated rings. The third-order valence-electron chi connectivity index (χ3n) is 2.66. The molecular weight excluding hydrogens is 252 g/mol. The molecule has 18 heavy (non-hydrogen) atoms. The van der Waals surface area contributed by atoms with Gasteiger partial charge in [0.2, 0.25) is 0 Å². The molecule has 1 heterocycles. The van der Waals surface area contributed by atoms with Gasteiger partial charge in [-0.1, -0.05) is 22.9 Å². The zero-order chi connectivity index (χ0) is 13.0. The minimum atomic E-state index is 0.566. The normalized spacial score (nSPS) is 10.4. The van der Waals surface area contributed by atoms with Gasteiger partial charge in [0.1, 0.15) is 11.6 Å². The molecule has 0 aliphatic rings. The van der Waals surface area contributed by atoms with E-state index in [1.807, 2.05) is 25.1 Å². The van der Waals surface area contributed by atoms with Gasteiger partial charge in [-0.05, 0) is 19.1 Å². The quantitative estimate of drug-likeness (QED) is 0.904. The number of ether oxygens (including phenoxy) is 1. The van der Waals surface area contributed by atoms with Crippen molar-refractivity contribution in [1.82, 2.24) is 15.0 Å². The van der Waals surface area contributed by atoms with E-state index in [0.29, 0.717) is 11.6 Å². The molecule has 0 aliphatic heterocycles. The van der Waals surface area contributed by atoms with E-state index in [4.69, 9.17) is 16.3 Å². The van der Waals surface area contributed by atoms with Crippen LogP contribution in [0, 0.1) is 0 Å². The van der Waals surface area contributed by atoms with Gasteiger partial charge in [-0.25, -0.2) is 4.68 Å². The van der Waals surface area contributed by atoms with Crippen LogP contribution in [0.3, 0.4) is 0 Å². The Bertz CT molecular complexity index is 527. The zero-order valence-corrected chi connectivity index (χ0v) is 11.1. The highest BCUT2D eigenvalue weighted by atomic mass is 35.5. The van der Waals surface area contributed by atoms with Gasteiger partial charge in [0.15, 0.2) is 0 Å². The molecule has 0 radical (unpaired) electrons. The molecule has 5 nitrogen and oxygen atoms in total. The number of nitrogens with one attached hydrogen (secondary N) is 1. The molecule has 2 aromatic rings. The van der Waals surface area contributed by atoms with Gasteiger partial charge < -0.3 is 10.1 Å². The van der Waals surface area contributed by atoms with Crippen LogP contribution < -0.4 is 10.1 Å². The van der Waals surface area contributed by atoms with Crippen LogP contribution >= 0.6 is 11.6 Å². The Hall–Kier alpha value is -1.75. The van der Waals surface area contributed by atoms with Crippen LogP contribution in [-0.2, 0) is 13.1 Å². The maximum absolute atomic E-state index is 6.16. The lowest BCUT2D eigenvalue weighted by Gasteiger charge is -2.12. The molecule has 2 rings (SSSR count). The summed E-state index contributed by atoms with van der Waals surface area (Å²) in [5.41, 5.74) is 0.922. The molecule has 0 amide bonds. The molecule has 1 aromatic heterocycles. The van der Waals surface area contributed by atoms with Crippen LogP contribution in [0.2, 0.25) is 5.02 Å². The fraction of sp³-hybridized carbons (Fsp3) is 0.333. The van der Waals surface area contributed by atoms with Gasteiger partial charge in [-0.2, -0.15) is 0 Å². The van der Waals surface area contributed by atoms with E-state index in [1.54, 1.807) is 18.0 Å². The molecule has 0 spiro atoms. The van der Waals surface area contributed by atoms with Gasteiger partial charge in [0.05, 0.1) is 13.3 Å². The molecule has 0 saturated heterocycles. The lowest BCUT2D eigenvalue weighted by atomic mass is 10.2. The Morgan fingerprint density at radius 2 is 2.28 bits per heavy atom. The lowest BCUT2D eigenvalue weighted by Crippen LogP contribution is -2.08. The van der Waals surface area contributed by atoms with Crippen molar-refractivity contribution in [3.05, 3.63) is 35.0 Å². The maximum Gasteiger partial charge on any atom is 0.145 e. The van der Waals surface area contributed by atoms with E-state index in [1.165, 1.54) is 0 Å². The van der Waals surface area contributed by atoms with E-state index in [2.05, 4.69) is 15.6 Å². The Labute approximate surface area is 111 Å². The summed E-state index contributed by atoms with van der Waals surface area (Å²) >= 11 is 6.16. The van der Waals surface area contributed by atoms with Crippen molar-refractivity contribution in [3.8, 4) is 5.75 Å². The van der Waals surface area contributed by atoms with Crippen LogP contribution in [-0.4, -0.2) is 22.1 Å². The van der Waals surface area contributed by atoms with Gasteiger partial charge >= 0.3 is 0 Å². The predicted molar refractivity (Wildman–Crippen MR) is 71.0 cm³/mol. The number of aryl methyl sites for hydroxylation is 1. The molecule has 6 heteroatoms. The zero-order valence-electron chi connectivity index (χ0n) is 10.4. The average Bonchev–Trinajstić information content (AvgIpc) is 2.84. The lowest BCUT2D eigenvalue weighted by molar-refractivity contribution is 0.410. The van der Waals surface area contributed by atoms with Gasteiger partial charge in [-0.3, -0.25) is 0 Å². The van der Waals surface area contributed by atoms with Crippen molar-refractivity contribution in [2.24, 2.45) is 0 Å². The smallest absolute Gasteiger partial charge is 0.145 e. The van der Waals surface area contributed by atoms with E-state index >= 15 is 0 Å². The Morgan fingerprint density at radius 1 is 1.44 bits per heavy atom. The molecule has 0 aliphatic carbocycles. The van der Waals surface area contributed by atoms with Gasteiger partial charge in [0, 0.05) is 23.7 Å². The van der Waals surface area contributed by atoms with Gasteiger partial charge in [0.25, 0.3) is 0 Å². The summed E-state index contributed by atoms with van der Waals surface area (Å²) in [5, 5.41) is 11.7. The topological polar surface area (TPSA) is 52.0 Å². The Balaban J connectivity index is 2.15. The number of benzene rings is 1. The Kier molecular flexibility index (Phi) is 4.04. The average molecular weight is 267 g/mol. The first-order valence-electron chi connectivity index (χ1n) is 5.70. The molecule has 1 aromatic carbocycles. The number of aromatic nitrogens is 3. The van der Waals surface area contributed by atoms with E-state index in [0.717, 1.165) is 23.7 Å². The van der Waals surface area contributed by atoms with Crippen molar-refractivity contribution in [2.75, 3.05) is 12.4 Å². The highest BCUT2D eigenvalue weighted by molar-refractivity contribution is 6.31. The third kappa shape index (κ3) is 2.56. The summed E-state index contributed by atoms with van der Waals surface area (Å²) < 4.78 is 7.07. The van der Waals surface area contributed by atoms with E-state index < -0.39 is 0 Å². The number of halogens is 1. The maximum atomic E-state index is 6.16. The second kappa shape index (κ2) is 5.73. The van der Waals surface area contributed by atoms with Crippen LogP contribution in [0.4, 0.5) is 5.82 Å². The van der Waals surface area contributed by atoms with Crippen molar-refractivity contribution in [3.63, 3.8) is 0 Å². The van der Waals surface area contributed by atoms with Crippen LogP contribution in [0.1, 0.15) is 12.5 Å². The fourth-order valence-electron chi connectivity index (χ4n) is 1.71. The second-order valence-corrected chi connectivity index (χ2v) is 4.12. The Morgan fingerprint density at radius 3 is 3.00 bits per heavy atom. The van der Waals surface area contributed by atoms with Crippen molar-refractivity contribution < 1.29 is 4.74 Å².